The second kappa shape index (κ2) is 7.79. The van der Waals surface area contributed by atoms with Gasteiger partial charge in [-0.15, -0.1) is 0 Å². The Labute approximate surface area is 150 Å². The van der Waals surface area contributed by atoms with Crippen LogP contribution in [0.4, 0.5) is 0 Å². The van der Waals surface area contributed by atoms with E-state index < -0.39 is 0 Å². The first-order valence-electron chi connectivity index (χ1n) is 9.37. The Bertz CT molecular complexity index is 560. The summed E-state index contributed by atoms with van der Waals surface area (Å²) < 4.78 is 6.21. The quantitative estimate of drug-likeness (QED) is 0.837. The summed E-state index contributed by atoms with van der Waals surface area (Å²) in [5.74, 6) is 0.0675. The molecule has 0 aromatic carbocycles. The minimum absolute atomic E-state index is 0.0675. The molecule has 2 fully saturated rings. The zero-order chi connectivity index (χ0) is 17.9. The molecule has 1 atom stereocenters. The molecule has 1 aromatic rings. The van der Waals surface area contributed by atoms with E-state index in [1.807, 2.05) is 4.90 Å². The topological polar surface area (TPSA) is 58.6 Å². The molecule has 0 N–H and O–H groups in total. The van der Waals surface area contributed by atoms with Gasteiger partial charge in [0.15, 0.2) is 0 Å². The average molecular weight is 346 g/mol. The maximum absolute atomic E-state index is 12.5. The van der Waals surface area contributed by atoms with Crippen molar-refractivity contribution in [3.63, 3.8) is 0 Å². The van der Waals surface area contributed by atoms with Gasteiger partial charge in [-0.3, -0.25) is 4.79 Å². The van der Waals surface area contributed by atoms with Crippen LogP contribution in [0.5, 0.6) is 0 Å². The minimum Gasteiger partial charge on any atom is -0.376 e. The molecule has 25 heavy (non-hydrogen) atoms. The van der Waals surface area contributed by atoms with E-state index in [4.69, 9.17) is 4.74 Å². The second-order valence-electron chi connectivity index (χ2n) is 7.93. The van der Waals surface area contributed by atoms with Crippen LogP contribution in [0.3, 0.4) is 0 Å². The van der Waals surface area contributed by atoms with Crippen LogP contribution >= 0.6 is 0 Å². The van der Waals surface area contributed by atoms with Crippen molar-refractivity contribution in [1.29, 1.82) is 0 Å². The number of hydrogen-bond donors (Lipinski definition) is 0. The number of likely N-dealkylation sites (N-methyl/N-ethyl adjacent to an activating group) is 1. The predicted octanol–water partition coefficient (Wildman–Crippen LogP) is 2.22. The van der Waals surface area contributed by atoms with E-state index >= 15 is 0 Å². The van der Waals surface area contributed by atoms with Crippen molar-refractivity contribution in [2.45, 2.75) is 51.7 Å². The molecule has 1 aromatic heterocycles. The molecule has 0 aliphatic carbocycles. The lowest BCUT2D eigenvalue weighted by Gasteiger charge is -2.46. The third kappa shape index (κ3) is 4.36. The van der Waals surface area contributed by atoms with Gasteiger partial charge in [-0.2, -0.15) is 10.2 Å². The summed E-state index contributed by atoms with van der Waals surface area (Å²) in [4.78, 5) is 16.8. The number of ether oxygens (including phenoxy) is 1. The Balaban J connectivity index is 1.49. The second-order valence-corrected chi connectivity index (χ2v) is 7.93. The zero-order valence-corrected chi connectivity index (χ0v) is 15.6. The summed E-state index contributed by atoms with van der Waals surface area (Å²) in [6.45, 7) is 7.89. The van der Waals surface area contributed by atoms with Crippen molar-refractivity contribution in [2.24, 2.45) is 5.41 Å². The first-order valence-corrected chi connectivity index (χ1v) is 9.37. The number of carbonyl (C=O) groups is 1. The van der Waals surface area contributed by atoms with Gasteiger partial charge in [0, 0.05) is 25.7 Å². The molecule has 2 aliphatic heterocycles. The highest BCUT2D eigenvalue weighted by Crippen LogP contribution is 2.40. The van der Waals surface area contributed by atoms with Crippen molar-refractivity contribution >= 4 is 5.91 Å². The van der Waals surface area contributed by atoms with E-state index in [0.717, 1.165) is 45.5 Å². The van der Waals surface area contributed by atoms with Crippen molar-refractivity contribution in [3.05, 3.63) is 24.0 Å². The third-order valence-electron chi connectivity index (χ3n) is 5.94. The molecular formula is C19H30N4O2. The fourth-order valence-electron chi connectivity index (χ4n) is 3.77. The summed E-state index contributed by atoms with van der Waals surface area (Å²) in [6, 6.07) is 2.29. The lowest BCUT2D eigenvalue weighted by Crippen LogP contribution is -2.49. The molecule has 0 bridgehead atoms. The van der Waals surface area contributed by atoms with Crippen LogP contribution in [-0.4, -0.2) is 71.3 Å². The average Bonchev–Trinajstić information content (AvgIpc) is 2.64. The van der Waals surface area contributed by atoms with Crippen LogP contribution in [-0.2, 0) is 4.74 Å². The first-order chi connectivity index (χ1) is 12.0. The largest absolute Gasteiger partial charge is 0.376 e. The van der Waals surface area contributed by atoms with Crippen LogP contribution < -0.4 is 0 Å². The van der Waals surface area contributed by atoms with E-state index in [0.29, 0.717) is 17.7 Å². The maximum Gasteiger partial charge on any atom is 0.255 e. The zero-order valence-electron chi connectivity index (χ0n) is 15.6. The van der Waals surface area contributed by atoms with Crippen LogP contribution in [0.25, 0.3) is 0 Å². The van der Waals surface area contributed by atoms with Gasteiger partial charge in [0.1, 0.15) is 0 Å². The van der Waals surface area contributed by atoms with E-state index in [2.05, 4.69) is 36.0 Å². The number of amides is 1. The normalized spacial score (nSPS) is 23.4. The van der Waals surface area contributed by atoms with E-state index in [-0.39, 0.29) is 11.3 Å². The van der Waals surface area contributed by atoms with Crippen LogP contribution in [0.2, 0.25) is 0 Å². The number of hydrogen-bond acceptors (Lipinski definition) is 5. The van der Waals surface area contributed by atoms with E-state index in [1.165, 1.54) is 6.42 Å². The molecule has 138 valence electrons. The third-order valence-corrected chi connectivity index (χ3v) is 5.94. The summed E-state index contributed by atoms with van der Waals surface area (Å²) in [7, 11) is 2.16. The first kappa shape index (κ1) is 18.3. The highest BCUT2D eigenvalue weighted by molar-refractivity contribution is 5.93. The fourth-order valence-corrected chi connectivity index (χ4v) is 3.77. The lowest BCUT2D eigenvalue weighted by atomic mass is 9.73. The molecule has 0 saturated carbocycles. The minimum atomic E-state index is 0.0675. The molecular weight excluding hydrogens is 316 g/mol. The standard InChI is InChI=1S/C19H30N4O2/c1-15(2)22(3)13-17-4-6-19(14-25-17)7-10-23(11-8-19)18(24)16-5-9-20-21-12-16/h5,9,12,15,17H,4,6-8,10-11,13-14H2,1-3H3/t17-/m1/s1. The number of likely N-dealkylation sites (tertiary alicyclic amines) is 1. The van der Waals surface area contributed by atoms with Crippen LogP contribution in [0.1, 0.15) is 49.9 Å². The maximum atomic E-state index is 12.5. The highest BCUT2D eigenvalue weighted by Gasteiger charge is 2.40. The van der Waals surface area contributed by atoms with Gasteiger partial charge in [0.05, 0.1) is 30.7 Å². The number of rotatable bonds is 4. The monoisotopic (exact) mass is 346 g/mol. The lowest BCUT2D eigenvalue weighted by molar-refractivity contribution is -0.0915. The molecule has 0 unspecified atom stereocenters. The van der Waals surface area contributed by atoms with Gasteiger partial charge >= 0.3 is 0 Å². The SMILES string of the molecule is CC(C)N(C)C[C@H]1CCC2(CCN(C(=O)c3ccnnc3)CC2)CO1. The summed E-state index contributed by atoms with van der Waals surface area (Å²) >= 11 is 0. The summed E-state index contributed by atoms with van der Waals surface area (Å²) in [5, 5.41) is 7.55. The number of nitrogens with zero attached hydrogens (tertiary/aromatic N) is 4. The molecule has 1 spiro atoms. The smallest absolute Gasteiger partial charge is 0.255 e. The molecule has 3 rings (SSSR count). The van der Waals surface area contributed by atoms with Gasteiger partial charge in [-0.1, -0.05) is 0 Å². The number of piperidine rings is 1. The van der Waals surface area contributed by atoms with Gasteiger partial charge in [-0.25, -0.2) is 0 Å². The van der Waals surface area contributed by atoms with Gasteiger partial charge < -0.3 is 14.5 Å². The van der Waals surface area contributed by atoms with E-state index in [9.17, 15) is 4.79 Å². The Morgan fingerprint density at radius 1 is 1.36 bits per heavy atom. The Hall–Kier alpha value is -1.53. The number of carbonyl (C=O) groups excluding carboxylic acids is 1. The van der Waals surface area contributed by atoms with Crippen molar-refractivity contribution in [3.8, 4) is 0 Å². The molecule has 2 saturated heterocycles. The van der Waals surface area contributed by atoms with Crippen molar-refractivity contribution in [1.82, 2.24) is 20.0 Å². The molecule has 6 heteroatoms. The summed E-state index contributed by atoms with van der Waals surface area (Å²) in [5.41, 5.74) is 0.891. The Kier molecular flexibility index (Phi) is 5.69. The number of aromatic nitrogens is 2. The predicted molar refractivity (Wildman–Crippen MR) is 96.3 cm³/mol. The van der Waals surface area contributed by atoms with Crippen LogP contribution in [0.15, 0.2) is 18.5 Å². The van der Waals surface area contributed by atoms with Crippen molar-refractivity contribution in [2.75, 3.05) is 33.3 Å². The molecule has 0 radical (unpaired) electrons. The van der Waals surface area contributed by atoms with E-state index in [1.54, 1.807) is 18.5 Å². The molecule has 6 nitrogen and oxygen atoms in total. The highest BCUT2D eigenvalue weighted by atomic mass is 16.5. The molecule has 3 heterocycles. The summed E-state index contributed by atoms with van der Waals surface area (Å²) in [6.07, 6.45) is 7.87. The van der Waals surface area contributed by atoms with Crippen LogP contribution in [0, 0.1) is 5.41 Å². The molecule has 1 amide bonds. The molecule has 2 aliphatic rings. The van der Waals surface area contributed by atoms with Gasteiger partial charge in [-0.05, 0) is 58.1 Å². The van der Waals surface area contributed by atoms with Gasteiger partial charge in [0.25, 0.3) is 5.91 Å². The fraction of sp³-hybridized carbons (Fsp3) is 0.737. The Morgan fingerprint density at radius 2 is 2.12 bits per heavy atom. The van der Waals surface area contributed by atoms with Crippen molar-refractivity contribution < 1.29 is 9.53 Å². The Morgan fingerprint density at radius 3 is 2.68 bits per heavy atom. The van der Waals surface area contributed by atoms with Gasteiger partial charge in [0.2, 0.25) is 0 Å².